The molecule has 28 heavy (non-hydrogen) atoms. The van der Waals surface area contributed by atoms with Crippen LogP contribution in [0.1, 0.15) is 16.8 Å². The van der Waals surface area contributed by atoms with Crippen LogP contribution < -0.4 is 24.4 Å². The predicted molar refractivity (Wildman–Crippen MR) is 108 cm³/mol. The molecule has 1 aliphatic heterocycles. The summed E-state index contributed by atoms with van der Waals surface area (Å²) in [6.45, 7) is 1.85. The molecule has 1 unspecified atom stereocenters. The van der Waals surface area contributed by atoms with E-state index in [0.29, 0.717) is 28.5 Å². The van der Waals surface area contributed by atoms with Crippen LogP contribution in [0.4, 0.5) is 11.4 Å². The summed E-state index contributed by atoms with van der Waals surface area (Å²) < 4.78 is 21.4. The van der Waals surface area contributed by atoms with Crippen molar-refractivity contribution >= 4 is 17.3 Å². The van der Waals surface area contributed by atoms with Crippen molar-refractivity contribution < 1.29 is 23.7 Å². The van der Waals surface area contributed by atoms with Gasteiger partial charge in [-0.25, -0.2) is 0 Å². The van der Waals surface area contributed by atoms with E-state index in [2.05, 4.69) is 10.2 Å². The third-order valence-electron chi connectivity index (χ3n) is 4.92. The molecule has 1 fully saturated rings. The molecule has 1 atom stereocenters. The summed E-state index contributed by atoms with van der Waals surface area (Å²) in [6, 6.07) is 11.1. The van der Waals surface area contributed by atoms with Crippen molar-refractivity contribution in [3.8, 4) is 17.2 Å². The van der Waals surface area contributed by atoms with Gasteiger partial charge >= 0.3 is 0 Å². The van der Waals surface area contributed by atoms with Gasteiger partial charge < -0.3 is 29.2 Å². The highest BCUT2D eigenvalue weighted by molar-refractivity contribution is 6.07. The lowest BCUT2D eigenvalue weighted by Gasteiger charge is -2.19. The average molecular weight is 386 g/mol. The quantitative estimate of drug-likeness (QED) is 0.788. The highest BCUT2D eigenvalue weighted by Gasteiger charge is 2.23. The van der Waals surface area contributed by atoms with Crippen LogP contribution in [-0.4, -0.2) is 53.5 Å². The Labute approximate surface area is 165 Å². The largest absolute Gasteiger partial charge is 0.493 e. The van der Waals surface area contributed by atoms with Crippen LogP contribution in [0.3, 0.4) is 0 Å². The fourth-order valence-corrected chi connectivity index (χ4v) is 3.39. The first-order valence-corrected chi connectivity index (χ1v) is 9.09. The summed E-state index contributed by atoms with van der Waals surface area (Å²) in [5.74, 6) is 0.930. The molecule has 150 valence electrons. The van der Waals surface area contributed by atoms with Crippen LogP contribution >= 0.6 is 0 Å². The molecule has 2 aromatic carbocycles. The molecule has 0 aromatic heterocycles. The number of methoxy groups -OCH3 is 4. The second kappa shape index (κ2) is 8.84. The first-order chi connectivity index (χ1) is 13.6. The number of amides is 1. The molecule has 2 aromatic rings. The van der Waals surface area contributed by atoms with Gasteiger partial charge in [-0.15, -0.1) is 0 Å². The molecule has 7 nitrogen and oxygen atoms in total. The lowest BCUT2D eigenvalue weighted by molar-refractivity contribution is 0.102. The summed E-state index contributed by atoms with van der Waals surface area (Å²) in [4.78, 5) is 15.0. The molecule has 1 heterocycles. The Balaban J connectivity index is 1.75. The molecular weight excluding hydrogens is 360 g/mol. The molecule has 0 radical (unpaired) electrons. The lowest BCUT2D eigenvalue weighted by atomic mass is 10.1. The summed E-state index contributed by atoms with van der Waals surface area (Å²) in [7, 11) is 6.28. The van der Waals surface area contributed by atoms with Crippen molar-refractivity contribution in [1.29, 1.82) is 0 Å². The standard InChI is InChI=1S/C21H26N2O5/c1-25-16-11-12-23(13-16)15-7-5-14(6-8-15)22-21(24)17-9-10-18(26-2)20(28-4)19(17)27-3/h5-10,16H,11-13H2,1-4H3,(H,22,24). The zero-order valence-electron chi connectivity index (χ0n) is 16.7. The smallest absolute Gasteiger partial charge is 0.259 e. The van der Waals surface area contributed by atoms with Crippen molar-refractivity contribution in [2.45, 2.75) is 12.5 Å². The molecule has 3 rings (SSSR count). The van der Waals surface area contributed by atoms with E-state index < -0.39 is 0 Å². The van der Waals surface area contributed by atoms with Crippen LogP contribution in [0.15, 0.2) is 36.4 Å². The number of hydrogen-bond donors (Lipinski definition) is 1. The molecular formula is C21H26N2O5. The maximum atomic E-state index is 12.8. The van der Waals surface area contributed by atoms with Gasteiger partial charge in [0.2, 0.25) is 5.75 Å². The Bertz CT molecular complexity index is 822. The second-order valence-electron chi connectivity index (χ2n) is 6.48. The van der Waals surface area contributed by atoms with Crippen molar-refractivity contribution in [2.75, 3.05) is 51.7 Å². The summed E-state index contributed by atoms with van der Waals surface area (Å²) >= 11 is 0. The maximum Gasteiger partial charge on any atom is 0.259 e. The summed E-state index contributed by atoms with van der Waals surface area (Å²) in [6.07, 6.45) is 1.30. The number of carbonyl (C=O) groups is 1. The Morgan fingerprint density at radius 3 is 2.25 bits per heavy atom. The van der Waals surface area contributed by atoms with Crippen molar-refractivity contribution in [1.82, 2.24) is 0 Å². The first kappa shape index (κ1) is 19.8. The zero-order chi connectivity index (χ0) is 20.1. The van der Waals surface area contributed by atoms with Crippen molar-refractivity contribution in [3.05, 3.63) is 42.0 Å². The number of benzene rings is 2. The van der Waals surface area contributed by atoms with Crippen LogP contribution in [0.2, 0.25) is 0 Å². The van der Waals surface area contributed by atoms with E-state index in [1.54, 1.807) is 19.2 Å². The van der Waals surface area contributed by atoms with Gasteiger partial charge in [-0.2, -0.15) is 0 Å². The van der Waals surface area contributed by atoms with Crippen molar-refractivity contribution in [3.63, 3.8) is 0 Å². The van der Waals surface area contributed by atoms with E-state index in [0.717, 1.165) is 25.2 Å². The predicted octanol–water partition coefficient (Wildman–Crippen LogP) is 3.19. The Kier molecular flexibility index (Phi) is 6.26. The fourth-order valence-electron chi connectivity index (χ4n) is 3.39. The minimum atomic E-state index is -0.286. The molecule has 0 spiro atoms. The third kappa shape index (κ3) is 3.99. The minimum Gasteiger partial charge on any atom is -0.493 e. The van der Waals surface area contributed by atoms with Crippen LogP contribution in [0.5, 0.6) is 17.2 Å². The highest BCUT2D eigenvalue weighted by Crippen LogP contribution is 2.40. The average Bonchev–Trinajstić information content (AvgIpc) is 3.22. The number of anilines is 2. The lowest BCUT2D eigenvalue weighted by Crippen LogP contribution is -2.22. The maximum absolute atomic E-state index is 12.8. The van der Waals surface area contributed by atoms with Gasteiger partial charge in [-0.05, 0) is 42.8 Å². The van der Waals surface area contributed by atoms with E-state index in [-0.39, 0.29) is 12.0 Å². The molecule has 1 saturated heterocycles. The number of ether oxygens (including phenoxy) is 4. The number of rotatable bonds is 7. The van der Waals surface area contributed by atoms with Gasteiger partial charge in [0.15, 0.2) is 11.5 Å². The van der Waals surface area contributed by atoms with Crippen molar-refractivity contribution in [2.24, 2.45) is 0 Å². The van der Waals surface area contributed by atoms with E-state index in [9.17, 15) is 4.79 Å². The number of nitrogens with zero attached hydrogens (tertiary/aromatic N) is 1. The van der Waals surface area contributed by atoms with Crippen LogP contribution in [-0.2, 0) is 4.74 Å². The van der Waals surface area contributed by atoms with Crippen LogP contribution in [0, 0.1) is 0 Å². The number of nitrogens with one attached hydrogen (secondary N) is 1. The Morgan fingerprint density at radius 1 is 0.964 bits per heavy atom. The van der Waals surface area contributed by atoms with Gasteiger partial charge in [-0.3, -0.25) is 4.79 Å². The molecule has 0 bridgehead atoms. The molecule has 1 amide bonds. The fraction of sp³-hybridized carbons (Fsp3) is 0.381. The minimum absolute atomic E-state index is 0.275. The number of hydrogen-bond acceptors (Lipinski definition) is 6. The van der Waals surface area contributed by atoms with E-state index in [1.807, 2.05) is 24.3 Å². The van der Waals surface area contributed by atoms with E-state index >= 15 is 0 Å². The van der Waals surface area contributed by atoms with E-state index in [1.165, 1.54) is 21.3 Å². The van der Waals surface area contributed by atoms with Gasteiger partial charge in [0, 0.05) is 31.6 Å². The third-order valence-corrected chi connectivity index (χ3v) is 4.92. The van der Waals surface area contributed by atoms with Gasteiger partial charge in [0.1, 0.15) is 0 Å². The first-order valence-electron chi connectivity index (χ1n) is 9.09. The number of carbonyl (C=O) groups excluding carboxylic acids is 1. The molecule has 1 N–H and O–H groups in total. The Morgan fingerprint density at radius 2 is 1.68 bits per heavy atom. The van der Waals surface area contributed by atoms with Gasteiger partial charge in [0.25, 0.3) is 5.91 Å². The Hall–Kier alpha value is -2.93. The second-order valence-corrected chi connectivity index (χ2v) is 6.48. The summed E-state index contributed by atoms with van der Waals surface area (Å²) in [5.41, 5.74) is 2.18. The van der Waals surface area contributed by atoms with E-state index in [4.69, 9.17) is 18.9 Å². The highest BCUT2D eigenvalue weighted by atomic mass is 16.5. The van der Waals surface area contributed by atoms with Crippen LogP contribution in [0.25, 0.3) is 0 Å². The molecule has 1 aliphatic rings. The molecule has 0 saturated carbocycles. The monoisotopic (exact) mass is 386 g/mol. The normalized spacial score (nSPS) is 16.0. The van der Waals surface area contributed by atoms with Gasteiger partial charge in [0.05, 0.1) is 33.0 Å². The topological polar surface area (TPSA) is 69.3 Å². The summed E-state index contributed by atoms with van der Waals surface area (Å²) in [5, 5.41) is 2.90. The SMILES string of the molecule is COc1ccc(C(=O)Nc2ccc(N3CCC(OC)C3)cc2)c(OC)c1OC. The molecule has 7 heteroatoms. The molecule has 0 aliphatic carbocycles. The van der Waals surface area contributed by atoms with Gasteiger partial charge in [-0.1, -0.05) is 0 Å². The zero-order valence-corrected chi connectivity index (χ0v) is 16.7.